The van der Waals surface area contributed by atoms with Crippen molar-refractivity contribution in [2.45, 2.75) is 24.2 Å². The van der Waals surface area contributed by atoms with E-state index in [-0.39, 0.29) is 29.8 Å². The fourth-order valence-electron chi connectivity index (χ4n) is 9.59. The zero-order valence-corrected chi connectivity index (χ0v) is 29.6. The molecule has 0 bridgehead atoms. The number of phenols is 1. The molecule has 274 valence electrons. The van der Waals surface area contributed by atoms with Crippen molar-refractivity contribution in [3.05, 3.63) is 148 Å². The van der Waals surface area contributed by atoms with Gasteiger partial charge in [-0.15, -0.1) is 0 Å². The highest BCUT2D eigenvalue weighted by atomic mass is 35.5. The van der Waals surface area contributed by atoms with Crippen LogP contribution >= 0.6 is 11.6 Å². The zero-order valence-electron chi connectivity index (χ0n) is 28.9. The number of rotatable bonds is 6. The Balaban J connectivity index is 1.27. The minimum absolute atomic E-state index is 0.0192. The predicted octanol–water partition coefficient (Wildman–Crippen LogP) is 7.23. The SMILES string of the molecule is O=C(O)c1cccc(N2C(=O)[C@H]3[C@H](CC=C4[C@H]3C[C@H]3C(=O)N(Nc5ccc(F)cc5)C(=O)[C@@]3(c3ccc(Cl)cc3)[C@H]4c3ccc(O)c4ccccc34)C2=O)c1. The molecule has 2 aliphatic carbocycles. The molecular formula is C43H31ClFN3O7. The number of aromatic carboxylic acids is 1. The van der Waals surface area contributed by atoms with Gasteiger partial charge in [0.15, 0.2) is 0 Å². The van der Waals surface area contributed by atoms with E-state index >= 15 is 4.79 Å². The van der Waals surface area contributed by atoms with Crippen molar-refractivity contribution in [3.8, 4) is 5.75 Å². The maximum absolute atomic E-state index is 15.4. The van der Waals surface area contributed by atoms with Crippen LogP contribution < -0.4 is 10.3 Å². The Bertz CT molecular complexity index is 2520. The van der Waals surface area contributed by atoms with Crippen LogP contribution in [0.1, 0.15) is 40.2 Å². The highest BCUT2D eigenvalue weighted by Gasteiger charge is 2.70. The number of hydrazine groups is 1. The Morgan fingerprint density at radius 3 is 2.27 bits per heavy atom. The van der Waals surface area contributed by atoms with Gasteiger partial charge in [-0.05, 0) is 95.9 Å². The Hall–Kier alpha value is -6.33. The van der Waals surface area contributed by atoms with Gasteiger partial charge < -0.3 is 10.2 Å². The molecule has 12 heteroatoms. The molecule has 0 aromatic heterocycles. The highest BCUT2D eigenvalue weighted by molar-refractivity contribution is 6.30. The first-order chi connectivity index (χ1) is 26.5. The van der Waals surface area contributed by atoms with Crippen LogP contribution in [-0.2, 0) is 24.6 Å². The van der Waals surface area contributed by atoms with Gasteiger partial charge in [-0.25, -0.2) is 9.18 Å². The molecule has 4 aliphatic rings. The second-order valence-corrected chi connectivity index (χ2v) is 14.9. The average Bonchev–Trinajstić information content (AvgIpc) is 3.57. The number of anilines is 2. The predicted molar refractivity (Wildman–Crippen MR) is 201 cm³/mol. The molecule has 6 atom stereocenters. The molecule has 55 heavy (non-hydrogen) atoms. The van der Waals surface area contributed by atoms with Gasteiger partial charge in [0.2, 0.25) is 11.8 Å². The van der Waals surface area contributed by atoms with Crippen LogP contribution in [0, 0.1) is 29.5 Å². The second kappa shape index (κ2) is 12.6. The smallest absolute Gasteiger partial charge is 0.335 e. The maximum atomic E-state index is 15.4. The molecule has 4 amide bonds. The summed E-state index contributed by atoms with van der Waals surface area (Å²) >= 11 is 6.40. The van der Waals surface area contributed by atoms with Crippen LogP contribution in [0.25, 0.3) is 10.8 Å². The number of phenolic OH excluding ortho intramolecular Hbond substituents is 1. The van der Waals surface area contributed by atoms with Crippen LogP contribution in [0.2, 0.25) is 5.02 Å². The van der Waals surface area contributed by atoms with E-state index in [2.05, 4.69) is 5.43 Å². The standard InChI is InChI=1S/C43H31ClFN3O7/c44-24-10-8-23(9-11-24)43-34(39(51)48(42(43)55)46-26-14-12-25(45)13-15-26)21-33-31(37(43)30-18-19-35(49)29-7-2-1-6-28(29)30)16-17-32-36(33)40(52)47(38(32)50)27-5-3-4-22(20-27)41(53)54/h1-16,18-20,32-34,36-37,46,49H,17,21H2,(H,53,54)/t32-,33+,34-,36-,37-,43+/m0/s1. The second-order valence-electron chi connectivity index (χ2n) is 14.5. The average molecular weight is 756 g/mol. The largest absolute Gasteiger partial charge is 0.507 e. The van der Waals surface area contributed by atoms with Crippen molar-refractivity contribution in [1.82, 2.24) is 5.01 Å². The summed E-state index contributed by atoms with van der Waals surface area (Å²) in [5.74, 6) is -8.16. The van der Waals surface area contributed by atoms with Gasteiger partial charge in [-0.1, -0.05) is 71.8 Å². The Morgan fingerprint density at radius 2 is 1.55 bits per heavy atom. The summed E-state index contributed by atoms with van der Waals surface area (Å²) in [5, 5.41) is 23.2. The number of carbonyl (C=O) groups is 5. The number of halogens is 2. The number of fused-ring (bicyclic) bond motifs is 5. The molecule has 2 saturated heterocycles. The molecule has 0 unspecified atom stereocenters. The van der Waals surface area contributed by atoms with E-state index in [0.29, 0.717) is 38.2 Å². The van der Waals surface area contributed by atoms with E-state index < -0.39 is 70.4 Å². The number of carboxylic acid groups (broad SMARTS) is 1. The molecule has 2 aliphatic heterocycles. The van der Waals surface area contributed by atoms with Crippen LogP contribution in [-0.4, -0.2) is 44.8 Å². The Morgan fingerprint density at radius 1 is 0.818 bits per heavy atom. The number of aromatic hydroxyl groups is 1. The van der Waals surface area contributed by atoms with Crippen LogP contribution in [0.4, 0.5) is 15.8 Å². The molecule has 0 spiro atoms. The Labute approximate surface area is 318 Å². The topological polar surface area (TPSA) is 144 Å². The Kier molecular flexibility index (Phi) is 7.91. The van der Waals surface area contributed by atoms with Crippen molar-refractivity contribution >= 4 is 63.3 Å². The fraction of sp³-hybridized carbons (Fsp3) is 0.186. The van der Waals surface area contributed by atoms with Gasteiger partial charge >= 0.3 is 5.97 Å². The van der Waals surface area contributed by atoms with Crippen molar-refractivity contribution in [1.29, 1.82) is 0 Å². The lowest BCUT2D eigenvalue weighted by Crippen LogP contribution is -2.53. The number of benzene rings is 5. The number of allylic oxidation sites excluding steroid dienone is 2. The molecular weight excluding hydrogens is 725 g/mol. The monoisotopic (exact) mass is 755 g/mol. The maximum Gasteiger partial charge on any atom is 0.335 e. The third-order valence-corrected chi connectivity index (χ3v) is 12.1. The van der Waals surface area contributed by atoms with Crippen molar-refractivity contribution < 1.29 is 38.6 Å². The first kappa shape index (κ1) is 34.4. The number of hydrogen-bond donors (Lipinski definition) is 3. The molecule has 3 fully saturated rings. The minimum atomic E-state index is -1.61. The number of carboxylic acids is 1. The summed E-state index contributed by atoms with van der Waals surface area (Å²) in [4.78, 5) is 72.0. The van der Waals surface area contributed by atoms with E-state index in [1.807, 2.05) is 18.2 Å². The van der Waals surface area contributed by atoms with Gasteiger partial charge in [0.05, 0.1) is 40.1 Å². The molecule has 9 rings (SSSR count). The molecule has 5 aromatic carbocycles. The third-order valence-electron chi connectivity index (χ3n) is 11.9. The summed E-state index contributed by atoms with van der Waals surface area (Å²) in [6.45, 7) is 0. The van der Waals surface area contributed by atoms with Gasteiger partial charge in [0.1, 0.15) is 11.6 Å². The van der Waals surface area contributed by atoms with Crippen molar-refractivity contribution in [2.75, 3.05) is 10.3 Å². The van der Waals surface area contributed by atoms with Crippen molar-refractivity contribution in [2.24, 2.45) is 23.7 Å². The molecule has 3 N–H and O–H groups in total. The normalized spacial score (nSPS) is 25.8. The zero-order chi connectivity index (χ0) is 38.3. The number of imide groups is 2. The van der Waals surface area contributed by atoms with Gasteiger partial charge in [0.25, 0.3) is 11.8 Å². The lowest BCUT2D eigenvalue weighted by molar-refractivity contribution is -0.138. The molecule has 0 radical (unpaired) electrons. The highest BCUT2D eigenvalue weighted by Crippen LogP contribution is 2.65. The number of amides is 4. The number of nitrogens with one attached hydrogen (secondary N) is 1. The molecule has 5 aromatic rings. The number of nitrogens with zero attached hydrogens (tertiary/aromatic N) is 2. The number of carbonyl (C=O) groups excluding carboxylic acids is 4. The first-order valence-corrected chi connectivity index (χ1v) is 18.2. The van der Waals surface area contributed by atoms with Crippen LogP contribution in [0.15, 0.2) is 121 Å². The van der Waals surface area contributed by atoms with E-state index in [0.717, 1.165) is 9.91 Å². The van der Waals surface area contributed by atoms with E-state index in [1.54, 1.807) is 48.5 Å². The van der Waals surface area contributed by atoms with Crippen LogP contribution in [0.5, 0.6) is 5.75 Å². The first-order valence-electron chi connectivity index (χ1n) is 17.8. The van der Waals surface area contributed by atoms with Crippen LogP contribution in [0.3, 0.4) is 0 Å². The van der Waals surface area contributed by atoms with E-state index in [9.17, 15) is 33.8 Å². The van der Waals surface area contributed by atoms with Gasteiger partial charge in [-0.3, -0.25) is 29.5 Å². The summed E-state index contributed by atoms with van der Waals surface area (Å²) in [6, 6.07) is 28.2. The summed E-state index contributed by atoms with van der Waals surface area (Å²) in [5.41, 5.74) is 3.53. The fourth-order valence-corrected chi connectivity index (χ4v) is 9.72. The minimum Gasteiger partial charge on any atom is -0.507 e. The van der Waals surface area contributed by atoms with Crippen molar-refractivity contribution in [3.63, 3.8) is 0 Å². The number of hydrogen-bond acceptors (Lipinski definition) is 7. The van der Waals surface area contributed by atoms with E-state index in [1.165, 1.54) is 48.5 Å². The third kappa shape index (κ3) is 5.02. The summed E-state index contributed by atoms with van der Waals surface area (Å²) in [7, 11) is 0. The van der Waals surface area contributed by atoms with E-state index in [4.69, 9.17) is 11.6 Å². The lowest BCUT2D eigenvalue weighted by atomic mass is 9.49. The molecule has 1 saturated carbocycles. The summed E-state index contributed by atoms with van der Waals surface area (Å²) in [6.07, 6.45) is 2.10. The lowest BCUT2D eigenvalue weighted by Gasteiger charge is -2.51. The quantitative estimate of drug-likeness (QED) is 0.122. The van der Waals surface area contributed by atoms with Gasteiger partial charge in [-0.2, -0.15) is 5.01 Å². The molecule has 2 heterocycles. The van der Waals surface area contributed by atoms with Gasteiger partial charge in [0, 0.05) is 16.3 Å². The summed E-state index contributed by atoms with van der Waals surface area (Å²) < 4.78 is 13.9. The molecule has 10 nitrogen and oxygen atoms in total.